The number of piperidine rings is 1. The first-order chi connectivity index (χ1) is 16.9. The van der Waals surface area contributed by atoms with Gasteiger partial charge in [-0.2, -0.15) is 4.31 Å². The predicted molar refractivity (Wildman–Crippen MR) is 138 cm³/mol. The van der Waals surface area contributed by atoms with Crippen molar-refractivity contribution in [2.24, 2.45) is 5.92 Å². The van der Waals surface area contributed by atoms with E-state index in [1.165, 1.54) is 16.4 Å². The summed E-state index contributed by atoms with van der Waals surface area (Å²) in [6, 6.07) is 12.1. The number of aromatic nitrogens is 1. The monoisotopic (exact) mass is 534 g/mol. The Labute approximate surface area is 214 Å². The number of carbonyl (C=O) groups is 1. The first-order valence-electron chi connectivity index (χ1n) is 11.6. The number of ether oxygens (including phenoxy) is 1. The molecule has 1 unspecified atom stereocenters. The highest BCUT2D eigenvalue weighted by Gasteiger charge is 2.36. The van der Waals surface area contributed by atoms with E-state index in [1.807, 2.05) is 23.1 Å². The Morgan fingerprint density at radius 2 is 1.83 bits per heavy atom. The van der Waals surface area contributed by atoms with E-state index in [0.29, 0.717) is 50.6 Å². The molecule has 0 spiro atoms. The molecule has 2 fully saturated rings. The summed E-state index contributed by atoms with van der Waals surface area (Å²) < 4.78 is 34.1. The van der Waals surface area contributed by atoms with Gasteiger partial charge in [-0.1, -0.05) is 29.0 Å². The number of thiazole rings is 1. The summed E-state index contributed by atoms with van der Waals surface area (Å²) in [5, 5.41) is 1.41. The summed E-state index contributed by atoms with van der Waals surface area (Å²) >= 11 is 7.53. The molecular weight excluding hydrogens is 508 g/mol. The SMILES string of the molecule is COc1cccc2sc(N3CCN(C(=O)C4CCCN(S(=O)(=O)c5ccc(Cl)cc5)C4)CC3)nc12. The zero-order chi connectivity index (χ0) is 24.6. The van der Waals surface area contributed by atoms with Gasteiger partial charge >= 0.3 is 0 Å². The molecule has 5 rings (SSSR count). The number of piperazine rings is 1. The molecule has 3 aromatic rings. The fourth-order valence-corrected chi connectivity index (χ4v) is 7.39. The number of amides is 1. The number of sulfonamides is 1. The van der Waals surface area contributed by atoms with E-state index in [1.54, 1.807) is 30.6 Å². The topological polar surface area (TPSA) is 83.0 Å². The lowest BCUT2D eigenvalue weighted by Gasteiger charge is -2.38. The summed E-state index contributed by atoms with van der Waals surface area (Å²) in [7, 11) is -2.02. The van der Waals surface area contributed by atoms with Crippen LogP contribution in [0.3, 0.4) is 0 Å². The van der Waals surface area contributed by atoms with Gasteiger partial charge in [0.2, 0.25) is 15.9 Å². The Kier molecular flexibility index (Phi) is 6.89. The molecule has 0 aliphatic carbocycles. The third-order valence-electron chi connectivity index (χ3n) is 6.64. The number of hydrogen-bond donors (Lipinski definition) is 0. The standard InChI is InChI=1S/C24H27ClN4O4S2/c1-33-20-5-2-6-21-22(20)26-24(34-21)28-14-12-27(13-15-28)23(30)17-4-3-11-29(16-17)35(31,32)19-9-7-18(25)8-10-19/h2,5-10,17H,3-4,11-16H2,1H3. The molecule has 1 atom stereocenters. The van der Waals surface area contributed by atoms with E-state index >= 15 is 0 Å². The van der Waals surface area contributed by atoms with E-state index in [-0.39, 0.29) is 23.3 Å². The zero-order valence-corrected chi connectivity index (χ0v) is 21.8. The molecule has 2 aromatic carbocycles. The Hall–Kier alpha value is -2.40. The summed E-state index contributed by atoms with van der Waals surface area (Å²) in [6.45, 7) is 3.19. The van der Waals surface area contributed by atoms with Crippen LogP contribution in [0.5, 0.6) is 5.75 Å². The highest BCUT2D eigenvalue weighted by atomic mass is 35.5. The van der Waals surface area contributed by atoms with Crippen molar-refractivity contribution in [2.45, 2.75) is 17.7 Å². The molecule has 2 aliphatic heterocycles. The van der Waals surface area contributed by atoms with Gasteiger partial charge in [-0.05, 0) is 49.2 Å². The molecular formula is C24H27ClN4O4S2. The number of methoxy groups -OCH3 is 1. The smallest absolute Gasteiger partial charge is 0.243 e. The maximum atomic E-state index is 13.3. The number of halogens is 1. The van der Waals surface area contributed by atoms with Crippen molar-refractivity contribution in [2.75, 3.05) is 51.3 Å². The van der Waals surface area contributed by atoms with Gasteiger partial charge in [-0.25, -0.2) is 13.4 Å². The average Bonchev–Trinajstić information content (AvgIpc) is 3.33. The lowest BCUT2D eigenvalue weighted by Crippen LogP contribution is -2.53. The highest BCUT2D eigenvalue weighted by molar-refractivity contribution is 7.89. The second-order valence-corrected chi connectivity index (χ2v) is 12.2. The predicted octanol–water partition coefficient (Wildman–Crippen LogP) is 3.71. The van der Waals surface area contributed by atoms with E-state index in [4.69, 9.17) is 21.3 Å². The second-order valence-electron chi connectivity index (χ2n) is 8.77. The maximum absolute atomic E-state index is 13.3. The lowest BCUT2D eigenvalue weighted by atomic mass is 9.98. The van der Waals surface area contributed by atoms with Gasteiger partial charge in [-0.15, -0.1) is 0 Å². The van der Waals surface area contributed by atoms with Crippen LogP contribution in [0.1, 0.15) is 12.8 Å². The number of carbonyl (C=O) groups excluding carboxylic acids is 1. The summed E-state index contributed by atoms with van der Waals surface area (Å²) in [5.41, 5.74) is 0.859. The highest BCUT2D eigenvalue weighted by Crippen LogP contribution is 2.34. The van der Waals surface area contributed by atoms with Crippen molar-refractivity contribution >= 4 is 54.2 Å². The molecule has 0 radical (unpaired) electrons. The van der Waals surface area contributed by atoms with Crippen molar-refractivity contribution in [1.29, 1.82) is 0 Å². The van der Waals surface area contributed by atoms with Crippen molar-refractivity contribution in [3.05, 3.63) is 47.5 Å². The minimum Gasteiger partial charge on any atom is -0.494 e. The van der Waals surface area contributed by atoms with E-state index in [0.717, 1.165) is 21.1 Å². The fraction of sp³-hybridized carbons (Fsp3) is 0.417. The van der Waals surface area contributed by atoms with Gasteiger partial charge in [0.05, 0.1) is 22.6 Å². The molecule has 8 nitrogen and oxygen atoms in total. The molecule has 1 amide bonds. The van der Waals surface area contributed by atoms with E-state index < -0.39 is 10.0 Å². The number of anilines is 1. The largest absolute Gasteiger partial charge is 0.494 e. The first-order valence-corrected chi connectivity index (χ1v) is 14.2. The molecule has 2 saturated heterocycles. The molecule has 0 N–H and O–H groups in total. The van der Waals surface area contributed by atoms with Gasteiger partial charge < -0.3 is 14.5 Å². The summed E-state index contributed by atoms with van der Waals surface area (Å²) in [5.74, 6) is 0.463. The number of para-hydroxylation sites is 1. The zero-order valence-electron chi connectivity index (χ0n) is 19.4. The molecule has 35 heavy (non-hydrogen) atoms. The minimum absolute atomic E-state index is 0.0339. The van der Waals surface area contributed by atoms with Crippen LogP contribution in [0.15, 0.2) is 47.4 Å². The quantitative estimate of drug-likeness (QED) is 0.496. The van der Waals surface area contributed by atoms with Gasteiger partial charge in [-0.3, -0.25) is 4.79 Å². The lowest BCUT2D eigenvalue weighted by molar-refractivity contribution is -0.137. The molecule has 0 saturated carbocycles. The fourth-order valence-electron chi connectivity index (χ4n) is 4.71. The van der Waals surface area contributed by atoms with Crippen LogP contribution in [0, 0.1) is 5.92 Å². The van der Waals surface area contributed by atoms with E-state index in [9.17, 15) is 13.2 Å². The van der Waals surface area contributed by atoms with Crippen LogP contribution in [0.2, 0.25) is 5.02 Å². The molecule has 1 aromatic heterocycles. The van der Waals surface area contributed by atoms with Crippen LogP contribution in [0.25, 0.3) is 10.2 Å². The Morgan fingerprint density at radius 3 is 2.54 bits per heavy atom. The minimum atomic E-state index is -3.66. The van der Waals surface area contributed by atoms with Crippen LogP contribution in [-0.2, 0) is 14.8 Å². The Morgan fingerprint density at radius 1 is 1.09 bits per heavy atom. The average molecular weight is 535 g/mol. The van der Waals surface area contributed by atoms with Crippen molar-refractivity contribution < 1.29 is 17.9 Å². The van der Waals surface area contributed by atoms with Crippen molar-refractivity contribution in [3.63, 3.8) is 0 Å². The van der Waals surface area contributed by atoms with Gasteiger partial charge in [0, 0.05) is 44.3 Å². The molecule has 0 bridgehead atoms. The third-order valence-corrected chi connectivity index (χ3v) is 9.85. The molecule has 11 heteroatoms. The number of hydrogen-bond acceptors (Lipinski definition) is 7. The van der Waals surface area contributed by atoms with Crippen LogP contribution in [-0.4, -0.2) is 74.9 Å². The number of rotatable bonds is 5. The van der Waals surface area contributed by atoms with E-state index in [2.05, 4.69) is 4.90 Å². The number of benzene rings is 2. The number of nitrogens with zero attached hydrogens (tertiary/aromatic N) is 4. The summed E-state index contributed by atoms with van der Waals surface area (Å²) in [4.78, 5) is 22.4. The Balaban J connectivity index is 1.22. The van der Waals surface area contributed by atoms with Gasteiger partial charge in [0.1, 0.15) is 11.3 Å². The molecule has 2 aliphatic rings. The Bertz CT molecular complexity index is 1320. The second kappa shape index (κ2) is 9.93. The van der Waals surface area contributed by atoms with Crippen molar-refractivity contribution in [3.8, 4) is 5.75 Å². The maximum Gasteiger partial charge on any atom is 0.243 e. The van der Waals surface area contributed by atoms with Crippen LogP contribution < -0.4 is 9.64 Å². The first kappa shape index (κ1) is 24.3. The molecule has 186 valence electrons. The third kappa shape index (κ3) is 4.84. The van der Waals surface area contributed by atoms with Gasteiger partial charge in [0.25, 0.3) is 0 Å². The summed E-state index contributed by atoms with van der Waals surface area (Å²) in [6.07, 6.45) is 1.36. The van der Waals surface area contributed by atoms with Gasteiger partial charge in [0.15, 0.2) is 5.13 Å². The van der Waals surface area contributed by atoms with Crippen LogP contribution in [0.4, 0.5) is 5.13 Å². The normalized spacial score (nSPS) is 19.8. The van der Waals surface area contributed by atoms with Crippen molar-refractivity contribution in [1.82, 2.24) is 14.2 Å². The van der Waals surface area contributed by atoms with Crippen LogP contribution >= 0.6 is 22.9 Å². The molecule has 3 heterocycles. The number of fused-ring (bicyclic) bond motifs is 1.